The van der Waals surface area contributed by atoms with Gasteiger partial charge in [0.2, 0.25) is 0 Å². The minimum atomic E-state index is -3.89. The van der Waals surface area contributed by atoms with Crippen LogP contribution >= 0.6 is 15.9 Å². The Kier molecular flexibility index (Phi) is 3.64. The van der Waals surface area contributed by atoms with Crippen molar-refractivity contribution in [3.63, 3.8) is 0 Å². The third kappa shape index (κ3) is 2.25. The van der Waals surface area contributed by atoms with E-state index in [1.165, 1.54) is 19.2 Å². The van der Waals surface area contributed by atoms with Gasteiger partial charge < -0.3 is 4.74 Å². The fourth-order valence-corrected chi connectivity index (χ4v) is 4.01. The van der Waals surface area contributed by atoms with Gasteiger partial charge in [0, 0.05) is 0 Å². The molecule has 1 heterocycles. The number of carbonyl (C=O) groups is 2. The van der Waals surface area contributed by atoms with Gasteiger partial charge in [0.1, 0.15) is 9.72 Å². The lowest BCUT2D eigenvalue weighted by Gasteiger charge is -2.17. The van der Waals surface area contributed by atoms with Crippen LogP contribution in [0.4, 0.5) is 0 Å². The first-order chi connectivity index (χ1) is 8.89. The molecule has 102 valence electrons. The van der Waals surface area contributed by atoms with Crippen molar-refractivity contribution >= 4 is 37.8 Å². The number of alkyl halides is 1. The molecule has 0 aromatic heterocycles. The number of carbonyl (C=O) groups excluding carboxylic acids is 2. The first kappa shape index (κ1) is 14.0. The average molecular weight is 348 g/mol. The summed E-state index contributed by atoms with van der Waals surface area (Å²) in [4.78, 5) is 22.4. The van der Waals surface area contributed by atoms with Crippen LogP contribution in [0.15, 0.2) is 29.2 Å². The minimum Gasteiger partial charge on any atom is -0.468 e. The van der Waals surface area contributed by atoms with E-state index in [-0.39, 0.29) is 17.0 Å². The van der Waals surface area contributed by atoms with E-state index in [2.05, 4.69) is 20.7 Å². The molecule has 1 aliphatic heterocycles. The van der Waals surface area contributed by atoms with Crippen LogP contribution in [0, 0.1) is 0 Å². The van der Waals surface area contributed by atoms with Crippen LogP contribution in [-0.2, 0) is 19.6 Å². The van der Waals surface area contributed by atoms with Crippen LogP contribution in [0.1, 0.15) is 10.4 Å². The zero-order chi connectivity index (χ0) is 14.2. The fourth-order valence-electron chi connectivity index (χ4n) is 1.76. The van der Waals surface area contributed by atoms with Gasteiger partial charge in [-0.1, -0.05) is 28.1 Å². The number of hydrogen-bond acceptors (Lipinski definition) is 5. The molecule has 1 atom stereocenters. The highest BCUT2D eigenvalue weighted by molar-refractivity contribution is 9.10. The molecule has 1 amide bonds. The molecule has 2 rings (SSSR count). The van der Waals surface area contributed by atoms with Gasteiger partial charge >= 0.3 is 5.97 Å². The Labute approximate surface area is 118 Å². The normalized spacial score (nSPS) is 18.0. The number of methoxy groups -OCH3 is 1. The first-order valence-corrected chi connectivity index (χ1v) is 7.63. The monoisotopic (exact) mass is 347 g/mol. The number of sulfonamides is 1. The molecular weight excluding hydrogens is 338 g/mol. The maximum absolute atomic E-state index is 12.2. The van der Waals surface area contributed by atoms with Crippen LogP contribution in [0.3, 0.4) is 0 Å². The van der Waals surface area contributed by atoms with Gasteiger partial charge in [-0.05, 0) is 12.1 Å². The van der Waals surface area contributed by atoms with Gasteiger partial charge in [-0.2, -0.15) is 0 Å². The highest BCUT2D eigenvalue weighted by atomic mass is 79.9. The number of benzene rings is 1. The van der Waals surface area contributed by atoms with Crippen molar-refractivity contribution in [1.29, 1.82) is 0 Å². The van der Waals surface area contributed by atoms with Crippen molar-refractivity contribution in [2.75, 3.05) is 13.7 Å². The lowest BCUT2D eigenvalue weighted by Crippen LogP contribution is -2.38. The van der Waals surface area contributed by atoms with E-state index in [0.717, 1.165) is 0 Å². The molecule has 0 saturated heterocycles. The summed E-state index contributed by atoms with van der Waals surface area (Å²) < 4.78 is 29.5. The number of amides is 1. The molecule has 1 unspecified atom stereocenters. The summed E-state index contributed by atoms with van der Waals surface area (Å²) in [5.74, 6) is -1.28. The molecule has 0 aliphatic carbocycles. The smallest absolute Gasteiger partial charge is 0.321 e. The largest absolute Gasteiger partial charge is 0.468 e. The SMILES string of the molecule is COC(=O)C(Br)CN1C(=O)c2ccccc2S1(=O)=O. The van der Waals surface area contributed by atoms with E-state index in [1.807, 2.05) is 0 Å². The van der Waals surface area contributed by atoms with Gasteiger partial charge in [-0.3, -0.25) is 9.59 Å². The molecule has 19 heavy (non-hydrogen) atoms. The van der Waals surface area contributed by atoms with E-state index in [0.29, 0.717) is 4.31 Å². The molecule has 0 saturated carbocycles. The Hall–Kier alpha value is -1.41. The van der Waals surface area contributed by atoms with Gasteiger partial charge in [-0.25, -0.2) is 12.7 Å². The Morgan fingerprint density at radius 3 is 2.63 bits per heavy atom. The molecule has 0 N–H and O–H groups in total. The van der Waals surface area contributed by atoms with Crippen molar-refractivity contribution in [2.45, 2.75) is 9.72 Å². The number of esters is 1. The number of ether oxygens (including phenoxy) is 1. The minimum absolute atomic E-state index is 0.0374. The zero-order valence-corrected chi connectivity index (χ0v) is 12.3. The van der Waals surface area contributed by atoms with Crippen molar-refractivity contribution < 1.29 is 22.7 Å². The summed E-state index contributed by atoms with van der Waals surface area (Å²) in [5.41, 5.74) is 0.118. The molecule has 6 nitrogen and oxygen atoms in total. The second kappa shape index (κ2) is 4.93. The molecule has 1 aromatic carbocycles. The molecule has 1 aromatic rings. The number of nitrogens with zero attached hydrogens (tertiary/aromatic N) is 1. The lowest BCUT2D eigenvalue weighted by molar-refractivity contribution is -0.139. The van der Waals surface area contributed by atoms with Gasteiger partial charge in [0.05, 0.1) is 19.2 Å². The topological polar surface area (TPSA) is 80.8 Å². The molecule has 0 bridgehead atoms. The standard InChI is InChI=1S/C11H10BrNO5S/c1-18-11(15)8(12)6-13-10(14)7-4-2-3-5-9(7)19(13,16)17/h2-5,8H,6H2,1H3. The maximum Gasteiger partial charge on any atom is 0.321 e. The second-order valence-corrected chi connectivity index (χ2v) is 6.76. The summed E-state index contributed by atoms with van der Waals surface area (Å²) in [6.07, 6.45) is 0. The zero-order valence-electron chi connectivity index (χ0n) is 9.87. The highest BCUT2D eigenvalue weighted by Gasteiger charge is 2.42. The van der Waals surface area contributed by atoms with E-state index in [9.17, 15) is 18.0 Å². The highest BCUT2D eigenvalue weighted by Crippen LogP contribution is 2.30. The van der Waals surface area contributed by atoms with Crippen molar-refractivity contribution in [3.8, 4) is 0 Å². The van der Waals surface area contributed by atoms with Gasteiger partial charge in [0.25, 0.3) is 15.9 Å². The number of halogens is 1. The Balaban J connectivity index is 2.36. The van der Waals surface area contributed by atoms with Gasteiger partial charge in [0.15, 0.2) is 0 Å². The number of fused-ring (bicyclic) bond motifs is 1. The predicted molar refractivity (Wildman–Crippen MR) is 69.4 cm³/mol. The van der Waals surface area contributed by atoms with Crippen molar-refractivity contribution in [3.05, 3.63) is 29.8 Å². The van der Waals surface area contributed by atoms with Crippen LogP contribution < -0.4 is 0 Å². The summed E-state index contributed by atoms with van der Waals surface area (Å²) in [5, 5.41) is 0. The Morgan fingerprint density at radius 2 is 2.05 bits per heavy atom. The van der Waals surface area contributed by atoms with E-state index in [4.69, 9.17) is 0 Å². The number of rotatable bonds is 3. The van der Waals surface area contributed by atoms with E-state index >= 15 is 0 Å². The van der Waals surface area contributed by atoms with Gasteiger partial charge in [-0.15, -0.1) is 0 Å². The van der Waals surface area contributed by atoms with Crippen molar-refractivity contribution in [2.24, 2.45) is 0 Å². The first-order valence-electron chi connectivity index (χ1n) is 5.27. The van der Waals surface area contributed by atoms with Crippen LogP contribution in [0.5, 0.6) is 0 Å². The summed E-state index contributed by atoms with van der Waals surface area (Å²) in [6.45, 7) is -0.303. The summed E-state index contributed by atoms with van der Waals surface area (Å²) in [7, 11) is -2.70. The van der Waals surface area contributed by atoms with Crippen molar-refractivity contribution in [1.82, 2.24) is 4.31 Å². The molecule has 1 aliphatic rings. The summed E-state index contributed by atoms with van der Waals surface area (Å²) in [6, 6.07) is 5.93. The quantitative estimate of drug-likeness (QED) is 0.595. The number of hydrogen-bond donors (Lipinski definition) is 0. The van der Waals surface area contributed by atoms with E-state index < -0.39 is 26.7 Å². The molecule has 0 radical (unpaired) electrons. The lowest BCUT2D eigenvalue weighted by atomic mass is 10.2. The van der Waals surface area contributed by atoms with Crippen LogP contribution in [0.25, 0.3) is 0 Å². The predicted octanol–water partition coefficient (Wildman–Crippen LogP) is 0.768. The summed E-state index contributed by atoms with van der Waals surface area (Å²) >= 11 is 3.00. The third-order valence-corrected chi connectivity index (χ3v) is 5.17. The third-order valence-electron chi connectivity index (χ3n) is 2.70. The van der Waals surface area contributed by atoms with Crippen LogP contribution in [-0.4, -0.2) is 43.1 Å². The van der Waals surface area contributed by atoms with Crippen LogP contribution in [0.2, 0.25) is 0 Å². The second-order valence-electron chi connectivity index (χ2n) is 3.83. The molecule has 0 fully saturated rings. The Bertz CT molecular complexity index is 642. The molecule has 0 spiro atoms. The molecule has 8 heteroatoms. The Morgan fingerprint density at radius 1 is 1.42 bits per heavy atom. The average Bonchev–Trinajstić information content (AvgIpc) is 2.59. The van der Waals surface area contributed by atoms with E-state index in [1.54, 1.807) is 12.1 Å². The fraction of sp³-hybridized carbons (Fsp3) is 0.273. The molecular formula is C11H10BrNO5S. The maximum atomic E-state index is 12.2.